The third kappa shape index (κ3) is 13.5. The average Bonchev–Trinajstić information content (AvgIpc) is 1.42. The van der Waals surface area contributed by atoms with Crippen molar-refractivity contribution < 1.29 is 0 Å². The summed E-state index contributed by atoms with van der Waals surface area (Å²) < 4.78 is 0. The van der Waals surface area contributed by atoms with E-state index in [9.17, 15) is 0 Å². The number of rotatable bonds is 24. The van der Waals surface area contributed by atoms with Gasteiger partial charge in [0.2, 0.25) is 0 Å². The van der Waals surface area contributed by atoms with Crippen LogP contribution in [0, 0.1) is 5.41 Å². The summed E-state index contributed by atoms with van der Waals surface area (Å²) >= 11 is 0. The van der Waals surface area contributed by atoms with E-state index in [1.807, 2.05) is 0 Å². The van der Waals surface area contributed by atoms with Crippen molar-refractivity contribution in [3.63, 3.8) is 0 Å². The Labute approximate surface area is 825 Å². The summed E-state index contributed by atoms with van der Waals surface area (Å²) in [6.45, 7) is 10.4. The highest BCUT2D eigenvalue weighted by atomic mass is 14.8. The van der Waals surface area contributed by atoms with Gasteiger partial charge < -0.3 is 0 Å². The largest absolute Gasteiger partial charge is 0.0653 e. The predicted molar refractivity (Wildman–Crippen MR) is 592 cm³/mol. The van der Waals surface area contributed by atoms with Gasteiger partial charge in [-0.25, -0.2) is 0 Å². The molecule has 0 nitrogen and oxygen atoms in total. The van der Waals surface area contributed by atoms with Crippen LogP contribution in [0.3, 0.4) is 0 Å². The monoisotopic (exact) mass is 1790 g/mol. The van der Waals surface area contributed by atoms with Crippen molar-refractivity contribution in [1.82, 2.24) is 0 Å². The summed E-state index contributed by atoms with van der Waals surface area (Å²) in [6, 6.07) is 195. The molecule has 0 saturated carbocycles. The molecule has 0 saturated heterocycles. The molecule has 0 heteroatoms. The maximum absolute atomic E-state index is 2.88. The normalized spacial score (nSPS) is 16.3. The summed E-state index contributed by atoms with van der Waals surface area (Å²) in [5, 5.41) is 0. The summed E-state index contributed by atoms with van der Waals surface area (Å²) in [5.74, 6) is 0. The van der Waals surface area contributed by atoms with Crippen molar-refractivity contribution in [1.29, 1.82) is 0 Å². The molecule has 0 N–H and O–H groups in total. The van der Waals surface area contributed by atoms with Crippen LogP contribution in [-0.2, 0) is 16.2 Å². The van der Waals surface area contributed by atoms with E-state index in [1.165, 1.54) is 150 Å². The van der Waals surface area contributed by atoms with Crippen LogP contribution in [0.1, 0.15) is 99.6 Å². The number of benzene rings is 21. The second-order valence-electron chi connectivity index (χ2n) is 38.6. The van der Waals surface area contributed by atoms with E-state index in [1.54, 1.807) is 0 Å². The molecule has 0 spiro atoms. The molecule has 21 aromatic rings. The predicted octanol–water partition coefficient (Wildman–Crippen LogP) is 38.3. The van der Waals surface area contributed by atoms with Gasteiger partial charge in [0.25, 0.3) is 0 Å². The van der Waals surface area contributed by atoms with E-state index in [-0.39, 0.29) is 0 Å². The van der Waals surface area contributed by atoms with Crippen LogP contribution in [-0.4, -0.2) is 0 Å². The highest BCUT2D eigenvalue weighted by molar-refractivity contribution is 6.19. The quantitative estimate of drug-likeness (QED) is 0.0566. The first-order valence-corrected chi connectivity index (χ1v) is 50.3. The van der Waals surface area contributed by atoms with E-state index >= 15 is 0 Å². The van der Waals surface area contributed by atoms with Crippen LogP contribution in [0.25, 0.3) is 200 Å². The van der Waals surface area contributed by atoms with Crippen LogP contribution in [0.4, 0.5) is 0 Å². The third-order valence-corrected chi connectivity index (χ3v) is 31.6. The molecule has 0 aromatic heterocycles. The van der Waals surface area contributed by atoms with Crippen molar-refractivity contribution in [2.75, 3.05) is 0 Å². The lowest BCUT2D eigenvalue weighted by molar-refractivity contribution is 0.0540. The Kier molecular flexibility index (Phi) is 22.4. The number of hydrogen-bond acceptors (Lipinski definition) is 0. The molecular weight excluding hydrogens is 1680 g/mol. The lowest BCUT2D eigenvalue weighted by Crippen LogP contribution is -2.54. The van der Waals surface area contributed by atoms with Gasteiger partial charge in [-0.05, 0) is 271 Å². The minimum Gasteiger partial charge on any atom is -0.0653 e. The standard InChI is InChI=1S/C140H108/c1-5-89-138-113-86-83-110(134-128(104-71-41-17-42-72-104)122(98-59-29-11-30-60-98)119(95-53-23-8-24-54-95)123(99-61-31-12-32-62-99)129(134)105-73-43-18-44-74-105)92-116(113)139(90-6-2)115-88-85-112(136-132(108-79-49-21-50-80-108)126(102-67-37-15-38-68-102)121(97-57-27-10-28-58-97)127(103-69-39-16-40-70-103)133(136)109-81-51-22-52-82-109)94-118(115)140(91-7-3,137(138,139)4)117-93-111(84-87-114(117)138)135-130(106-75-45-19-46-76-106)124(100-63-33-13-34-64-100)120(96-55-25-9-26-56-96)125(101-65-35-14-36-66-101)131(135)107-77-47-20-48-78-107/h8-88,92-94H,5-7,89-91H2,1-4H3/t137-,138+,139+,140+/m0/s1. The lowest BCUT2D eigenvalue weighted by atomic mass is 9.48. The van der Waals surface area contributed by atoms with Gasteiger partial charge in [-0.2, -0.15) is 0 Å². The Morgan fingerprint density at radius 1 is 0.121 bits per heavy atom. The summed E-state index contributed by atoms with van der Waals surface area (Å²) in [4.78, 5) is 0. The molecular formula is C140H108. The Morgan fingerprint density at radius 2 is 0.229 bits per heavy atom. The maximum atomic E-state index is 2.88. The zero-order chi connectivity index (χ0) is 93.9. The Balaban J connectivity index is 0.906. The molecule has 24 rings (SSSR count). The molecule has 0 aliphatic heterocycles. The van der Waals surface area contributed by atoms with Gasteiger partial charge in [0, 0.05) is 21.7 Å². The molecule has 140 heavy (non-hydrogen) atoms. The molecule has 3 aliphatic carbocycles. The van der Waals surface area contributed by atoms with Gasteiger partial charge in [0.15, 0.2) is 0 Å². The van der Waals surface area contributed by atoms with E-state index in [4.69, 9.17) is 0 Å². The van der Waals surface area contributed by atoms with Gasteiger partial charge in [-0.15, -0.1) is 0 Å². The average molecular weight is 1790 g/mol. The second-order valence-corrected chi connectivity index (χ2v) is 38.6. The van der Waals surface area contributed by atoms with Crippen molar-refractivity contribution in [2.24, 2.45) is 5.41 Å². The second kappa shape index (κ2) is 36.3. The van der Waals surface area contributed by atoms with Crippen LogP contribution >= 0.6 is 0 Å². The minimum atomic E-state index is -0.701. The molecule has 0 fully saturated rings. The highest BCUT2D eigenvalue weighted by Gasteiger charge is 2.82. The van der Waals surface area contributed by atoms with Crippen molar-refractivity contribution in [2.45, 2.75) is 82.5 Å². The smallest absolute Gasteiger partial charge is 0.0286 e. The van der Waals surface area contributed by atoms with Crippen LogP contribution in [0.2, 0.25) is 0 Å². The van der Waals surface area contributed by atoms with Gasteiger partial charge in [0.05, 0.1) is 0 Å². The zero-order valence-electron chi connectivity index (χ0n) is 79.7. The molecule has 0 bridgehead atoms. The van der Waals surface area contributed by atoms with Crippen LogP contribution in [0.15, 0.2) is 510 Å². The Bertz CT molecular complexity index is 7830. The first kappa shape index (κ1) is 86.5. The SMILES string of the molecule is CCC[C@]12c3ccc(-c4c(-c5ccccc5)c(-c5ccccc5)c(-c5ccccc5)c(-c5ccccc5)c4-c4ccccc4)cc3[C@]3(CCC)c4cc(-c5c(-c6ccccc6)c(-c6ccccc6)c(-c6ccccc6)c(-c6ccccc6)c5-c5ccccc5)ccc4[C@](CCC)(c4cc(-c5c(-c6ccccc6)c(-c6ccccc6)c(-c6ccccc6)c(-c6ccccc6)c5-c5ccccc5)ccc41)[C@]23C. The third-order valence-electron chi connectivity index (χ3n) is 31.6. The molecule has 3 aliphatic rings. The zero-order valence-corrected chi connectivity index (χ0v) is 79.7. The molecule has 668 valence electrons. The highest BCUT2D eigenvalue weighted by Crippen LogP contribution is 2.86. The van der Waals surface area contributed by atoms with Crippen molar-refractivity contribution in [3.8, 4) is 200 Å². The fraction of sp³-hybridized carbons (Fsp3) is 0.100. The topological polar surface area (TPSA) is 0 Å². The van der Waals surface area contributed by atoms with E-state index < -0.39 is 21.7 Å². The molecule has 21 aromatic carbocycles. The first-order chi connectivity index (χ1) is 69.3. The van der Waals surface area contributed by atoms with Crippen molar-refractivity contribution in [3.05, 3.63) is 543 Å². The van der Waals surface area contributed by atoms with E-state index in [2.05, 4.69) is 537 Å². The number of hydrogen-bond donors (Lipinski definition) is 0. The Morgan fingerprint density at radius 3 is 0.350 bits per heavy atom. The molecule has 4 atom stereocenters. The van der Waals surface area contributed by atoms with Crippen LogP contribution < -0.4 is 0 Å². The van der Waals surface area contributed by atoms with Crippen LogP contribution in [0.5, 0.6) is 0 Å². The van der Waals surface area contributed by atoms with Gasteiger partial charge in [-0.1, -0.05) is 538 Å². The fourth-order valence-corrected chi connectivity index (χ4v) is 26.6. The fourth-order valence-electron chi connectivity index (χ4n) is 26.6. The maximum Gasteiger partial charge on any atom is 0.0286 e. The summed E-state index contributed by atoms with van der Waals surface area (Å²) in [6.07, 6.45) is 5.46. The van der Waals surface area contributed by atoms with Crippen molar-refractivity contribution >= 4 is 0 Å². The number of fused-ring (bicyclic) bond motifs is 9. The summed E-state index contributed by atoms with van der Waals surface area (Å²) in [5.41, 5.74) is 48.8. The summed E-state index contributed by atoms with van der Waals surface area (Å²) in [7, 11) is 0. The minimum absolute atomic E-state index is 0.589. The van der Waals surface area contributed by atoms with Gasteiger partial charge >= 0.3 is 0 Å². The molecule has 0 heterocycles. The van der Waals surface area contributed by atoms with Gasteiger partial charge in [0.1, 0.15) is 0 Å². The van der Waals surface area contributed by atoms with Gasteiger partial charge in [-0.3, -0.25) is 0 Å². The Hall–Kier alpha value is -16.4. The lowest BCUT2D eigenvalue weighted by Gasteiger charge is -2.53. The van der Waals surface area contributed by atoms with E-state index in [0.717, 1.165) is 122 Å². The molecule has 0 radical (unpaired) electrons. The molecule has 0 unspecified atom stereocenters. The molecule has 0 amide bonds. The van der Waals surface area contributed by atoms with E-state index in [0.29, 0.717) is 0 Å². The first-order valence-electron chi connectivity index (χ1n) is 50.3.